The number of rotatable bonds is 2. The van der Waals surface area contributed by atoms with Gasteiger partial charge >= 0.3 is 0 Å². The number of halogens is 1. The first-order chi connectivity index (χ1) is 8.62. The second-order valence-electron chi connectivity index (χ2n) is 5.48. The number of H-pyrrole nitrogens is 1. The smallest absolute Gasteiger partial charge is 0.0925 e. The largest absolute Gasteiger partial charge is 0.348 e. The molecule has 1 N–H and O–H groups in total. The highest BCUT2D eigenvalue weighted by molar-refractivity contribution is 9.10. The SMILES string of the molecule is Cc1[nH]cnc1C1(c2cccc(Br)c2)CC(C)C1. The van der Waals surface area contributed by atoms with Crippen LogP contribution in [0.2, 0.25) is 0 Å². The first-order valence-electron chi connectivity index (χ1n) is 6.38. The van der Waals surface area contributed by atoms with Gasteiger partial charge in [0.25, 0.3) is 0 Å². The van der Waals surface area contributed by atoms with Crippen LogP contribution in [0.1, 0.15) is 36.7 Å². The Balaban J connectivity index is 2.11. The van der Waals surface area contributed by atoms with Gasteiger partial charge in [-0.15, -0.1) is 0 Å². The second-order valence-corrected chi connectivity index (χ2v) is 6.40. The molecule has 1 aliphatic carbocycles. The van der Waals surface area contributed by atoms with E-state index in [0.29, 0.717) is 0 Å². The number of aromatic amines is 1. The molecule has 1 saturated carbocycles. The fourth-order valence-electron chi connectivity index (χ4n) is 3.32. The van der Waals surface area contributed by atoms with E-state index in [1.54, 1.807) is 0 Å². The number of benzene rings is 1. The maximum atomic E-state index is 4.58. The minimum absolute atomic E-state index is 0.118. The number of nitrogens with one attached hydrogen (secondary N) is 1. The molecule has 18 heavy (non-hydrogen) atoms. The van der Waals surface area contributed by atoms with E-state index < -0.39 is 0 Å². The predicted octanol–water partition coefficient (Wildman–Crippen LogP) is 4.20. The summed E-state index contributed by atoms with van der Waals surface area (Å²) in [6, 6.07) is 8.66. The summed E-state index contributed by atoms with van der Waals surface area (Å²) in [4.78, 5) is 7.80. The lowest BCUT2D eigenvalue weighted by Gasteiger charge is -2.46. The van der Waals surface area contributed by atoms with Gasteiger partial charge in [0.1, 0.15) is 0 Å². The molecule has 3 rings (SSSR count). The van der Waals surface area contributed by atoms with E-state index in [1.165, 1.54) is 29.8 Å². The van der Waals surface area contributed by atoms with Crippen molar-refractivity contribution >= 4 is 15.9 Å². The molecule has 0 bridgehead atoms. The van der Waals surface area contributed by atoms with Gasteiger partial charge in [0.05, 0.1) is 12.0 Å². The highest BCUT2D eigenvalue weighted by Gasteiger charge is 2.47. The molecular weight excluding hydrogens is 288 g/mol. The zero-order valence-corrected chi connectivity index (χ0v) is 12.3. The second kappa shape index (κ2) is 4.23. The average Bonchev–Trinajstić information content (AvgIpc) is 2.71. The van der Waals surface area contributed by atoms with Gasteiger partial charge in [-0.25, -0.2) is 4.98 Å². The number of hydrogen-bond acceptors (Lipinski definition) is 1. The van der Waals surface area contributed by atoms with E-state index in [9.17, 15) is 0 Å². The summed E-state index contributed by atoms with van der Waals surface area (Å²) in [6.07, 6.45) is 4.19. The molecule has 0 saturated heterocycles. The molecule has 0 aliphatic heterocycles. The summed E-state index contributed by atoms with van der Waals surface area (Å²) < 4.78 is 1.15. The van der Waals surface area contributed by atoms with Crippen LogP contribution in [-0.4, -0.2) is 9.97 Å². The van der Waals surface area contributed by atoms with Crippen LogP contribution < -0.4 is 0 Å². The van der Waals surface area contributed by atoms with Gasteiger partial charge in [-0.3, -0.25) is 0 Å². The molecule has 2 nitrogen and oxygen atoms in total. The minimum Gasteiger partial charge on any atom is -0.348 e. The Labute approximate surface area is 116 Å². The van der Waals surface area contributed by atoms with Crippen LogP contribution in [0.5, 0.6) is 0 Å². The molecule has 0 radical (unpaired) electrons. The van der Waals surface area contributed by atoms with Gasteiger partial charge < -0.3 is 4.98 Å². The summed E-state index contributed by atoms with van der Waals surface area (Å²) in [6.45, 7) is 4.43. The number of hydrogen-bond donors (Lipinski definition) is 1. The highest BCUT2D eigenvalue weighted by Crippen LogP contribution is 2.52. The zero-order valence-electron chi connectivity index (χ0n) is 10.7. The Morgan fingerprint density at radius 1 is 1.39 bits per heavy atom. The summed E-state index contributed by atoms with van der Waals surface area (Å²) >= 11 is 3.58. The predicted molar refractivity (Wildman–Crippen MR) is 76.6 cm³/mol. The van der Waals surface area contributed by atoms with E-state index in [0.717, 1.165) is 10.4 Å². The van der Waals surface area contributed by atoms with Crippen LogP contribution >= 0.6 is 15.9 Å². The normalized spacial score (nSPS) is 26.9. The molecule has 1 fully saturated rings. The molecule has 0 unspecified atom stereocenters. The van der Waals surface area contributed by atoms with Crippen molar-refractivity contribution in [1.82, 2.24) is 9.97 Å². The van der Waals surface area contributed by atoms with Crippen molar-refractivity contribution in [1.29, 1.82) is 0 Å². The standard InChI is InChI=1S/C15H17BrN2/c1-10-7-15(8-10,14-11(2)17-9-18-14)12-4-3-5-13(16)6-12/h3-6,9-10H,7-8H2,1-2H3,(H,17,18). The van der Waals surface area contributed by atoms with Crippen LogP contribution in [0.15, 0.2) is 35.1 Å². The number of imidazole rings is 1. The summed E-state index contributed by atoms with van der Waals surface area (Å²) in [5, 5.41) is 0. The van der Waals surface area contributed by atoms with Crippen LogP contribution in [0.25, 0.3) is 0 Å². The van der Waals surface area contributed by atoms with Gasteiger partial charge in [0.15, 0.2) is 0 Å². The fraction of sp³-hybridized carbons (Fsp3) is 0.400. The Kier molecular flexibility index (Phi) is 2.81. The van der Waals surface area contributed by atoms with E-state index in [4.69, 9.17) is 0 Å². The highest BCUT2D eigenvalue weighted by atomic mass is 79.9. The fourth-order valence-corrected chi connectivity index (χ4v) is 3.72. The summed E-state index contributed by atoms with van der Waals surface area (Å²) in [5.74, 6) is 0.778. The van der Waals surface area contributed by atoms with Crippen LogP contribution in [0.4, 0.5) is 0 Å². The third kappa shape index (κ3) is 1.72. The molecular formula is C15H17BrN2. The van der Waals surface area contributed by atoms with Crippen molar-refractivity contribution in [3.63, 3.8) is 0 Å². The Morgan fingerprint density at radius 2 is 2.17 bits per heavy atom. The maximum absolute atomic E-state index is 4.58. The van der Waals surface area contributed by atoms with Crippen molar-refractivity contribution in [2.45, 2.75) is 32.1 Å². The lowest BCUT2D eigenvalue weighted by Crippen LogP contribution is -2.42. The molecule has 1 aliphatic rings. The first kappa shape index (κ1) is 12.0. The quantitative estimate of drug-likeness (QED) is 0.885. The molecule has 0 atom stereocenters. The van der Waals surface area contributed by atoms with E-state index in [1.807, 2.05) is 6.33 Å². The van der Waals surface area contributed by atoms with Crippen LogP contribution in [0, 0.1) is 12.8 Å². The lowest BCUT2D eigenvalue weighted by atomic mass is 9.57. The van der Waals surface area contributed by atoms with E-state index in [-0.39, 0.29) is 5.41 Å². The number of nitrogens with zero attached hydrogens (tertiary/aromatic N) is 1. The molecule has 0 spiro atoms. The monoisotopic (exact) mass is 304 g/mol. The van der Waals surface area contributed by atoms with E-state index >= 15 is 0 Å². The van der Waals surface area contributed by atoms with Crippen molar-refractivity contribution in [3.8, 4) is 0 Å². The van der Waals surface area contributed by atoms with Crippen molar-refractivity contribution < 1.29 is 0 Å². The Morgan fingerprint density at radius 3 is 2.72 bits per heavy atom. The van der Waals surface area contributed by atoms with Gasteiger partial charge in [-0.1, -0.05) is 35.0 Å². The van der Waals surface area contributed by atoms with Gasteiger partial charge in [0, 0.05) is 15.6 Å². The third-order valence-electron chi connectivity index (χ3n) is 4.05. The Hall–Kier alpha value is -1.09. The topological polar surface area (TPSA) is 28.7 Å². The summed E-state index contributed by atoms with van der Waals surface area (Å²) in [5.41, 5.74) is 3.92. The third-order valence-corrected chi connectivity index (χ3v) is 4.55. The van der Waals surface area contributed by atoms with Crippen LogP contribution in [0.3, 0.4) is 0 Å². The first-order valence-corrected chi connectivity index (χ1v) is 7.17. The van der Waals surface area contributed by atoms with Gasteiger partial charge in [0.2, 0.25) is 0 Å². The Bertz CT molecular complexity index is 567. The van der Waals surface area contributed by atoms with Crippen molar-refractivity contribution in [2.75, 3.05) is 0 Å². The van der Waals surface area contributed by atoms with Crippen molar-refractivity contribution in [3.05, 3.63) is 52.0 Å². The van der Waals surface area contributed by atoms with E-state index in [2.05, 4.69) is 64.0 Å². The molecule has 94 valence electrons. The maximum Gasteiger partial charge on any atom is 0.0925 e. The number of aromatic nitrogens is 2. The lowest BCUT2D eigenvalue weighted by molar-refractivity contribution is 0.195. The molecule has 0 amide bonds. The summed E-state index contributed by atoms with van der Waals surface area (Å²) in [7, 11) is 0. The molecule has 1 aromatic heterocycles. The zero-order chi connectivity index (χ0) is 12.8. The van der Waals surface area contributed by atoms with Gasteiger partial charge in [-0.2, -0.15) is 0 Å². The average molecular weight is 305 g/mol. The van der Waals surface area contributed by atoms with Crippen LogP contribution in [-0.2, 0) is 5.41 Å². The number of aryl methyl sites for hydroxylation is 1. The minimum atomic E-state index is 0.118. The molecule has 3 heteroatoms. The van der Waals surface area contributed by atoms with Crippen molar-refractivity contribution in [2.24, 2.45) is 5.92 Å². The molecule has 2 aromatic rings. The molecule has 1 heterocycles. The molecule has 1 aromatic carbocycles. The van der Waals surface area contributed by atoms with Gasteiger partial charge in [-0.05, 0) is 43.4 Å².